The molecule has 0 aliphatic carbocycles. The first kappa shape index (κ1) is 29.3. The second kappa shape index (κ2) is 13.1. The van der Waals surface area contributed by atoms with E-state index in [1.165, 1.54) is 12.1 Å². The van der Waals surface area contributed by atoms with Crippen LogP contribution in [0.4, 0.5) is 10.5 Å². The van der Waals surface area contributed by atoms with Crippen molar-refractivity contribution < 1.29 is 28.6 Å². The zero-order valence-electron chi connectivity index (χ0n) is 21.6. The fourth-order valence-electron chi connectivity index (χ4n) is 3.83. The highest BCUT2D eigenvalue weighted by molar-refractivity contribution is 6.39. The Kier molecular flexibility index (Phi) is 9.58. The Morgan fingerprint density at radius 1 is 0.875 bits per heavy atom. The van der Waals surface area contributed by atoms with E-state index in [0.29, 0.717) is 45.9 Å². The molecule has 1 heterocycles. The molecule has 1 fully saturated rings. The minimum absolute atomic E-state index is 0.0937. The first-order valence-electron chi connectivity index (χ1n) is 12.4. The highest BCUT2D eigenvalue weighted by atomic mass is 35.5. The predicted molar refractivity (Wildman–Crippen MR) is 155 cm³/mol. The Balaban J connectivity index is 1.62. The summed E-state index contributed by atoms with van der Waals surface area (Å²) in [6, 6.07) is 13.7. The van der Waals surface area contributed by atoms with Crippen LogP contribution in [0, 0.1) is 0 Å². The standard InChI is InChI=1S/C29H25Cl3N2O6/c1-3-11-39-21-9-7-20(8-10-21)34-28(36)22(27(35)33-29(34)37)12-17-13-24(32)26(25(14-17)38-4-2)40-16-18-5-6-19(30)15-23(18)31/h5-10,12-15H,3-4,11,16H2,1-2H3,(H,33,35,37)/b22-12-. The van der Waals surface area contributed by atoms with Crippen molar-refractivity contribution in [3.8, 4) is 17.2 Å². The zero-order chi connectivity index (χ0) is 28.8. The van der Waals surface area contributed by atoms with Crippen LogP contribution in [0.1, 0.15) is 31.4 Å². The summed E-state index contributed by atoms with van der Waals surface area (Å²) < 4.78 is 17.2. The summed E-state index contributed by atoms with van der Waals surface area (Å²) in [5.74, 6) is -0.464. The van der Waals surface area contributed by atoms with E-state index in [1.807, 2.05) is 6.92 Å². The second-order valence-corrected chi connectivity index (χ2v) is 9.84. The third-order valence-corrected chi connectivity index (χ3v) is 6.57. The van der Waals surface area contributed by atoms with Gasteiger partial charge in [-0.25, -0.2) is 9.69 Å². The van der Waals surface area contributed by atoms with E-state index in [1.54, 1.807) is 55.5 Å². The quantitative estimate of drug-likeness (QED) is 0.197. The number of nitrogens with zero attached hydrogens (tertiary/aromatic N) is 1. The average molecular weight is 604 g/mol. The molecular weight excluding hydrogens is 579 g/mol. The second-order valence-electron chi connectivity index (χ2n) is 8.59. The monoisotopic (exact) mass is 602 g/mol. The Labute approximate surface area is 246 Å². The number of imide groups is 2. The van der Waals surface area contributed by atoms with Crippen LogP contribution in [-0.4, -0.2) is 31.1 Å². The van der Waals surface area contributed by atoms with E-state index in [4.69, 9.17) is 49.0 Å². The number of anilines is 1. The number of hydrogen-bond acceptors (Lipinski definition) is 6. The topological polar surface area (TPSA) is 94.2 Å². The molecule has 0 unspecified atom stereocenters. The van der Waals surface area contributed by atoms with Crippen LogP contribution in [0.5, 0.6) is 17.2 Å². The number of ether oxygens (including phenoxy) is 3. The molecule has 0 radical (unpaired) electrons. The van der Waals surface area contributed by atoms with E-state index < -0.39 is 17.8 Å². The minimum atomic E-state index is -0.855. The minimum Gasteiger partial charge on any atom is -0.494 e. The average Bonchev–Trinajstić information content (AvgIpc) is 2.91. The molecule has 1 aliphatic heterocycles. The van der Waals surface area contributed by atoms with Gasteiger partial charge in [0.15, 0.2) is 11.5 Å². The molecule has 0 spiro atoms. The summed E-state index contributed by atoms with van der Waals surface area (Å²) in [4.78, 5) is 39.5. The number of urea groups is 1. The summed E-state index contributed by atoms with van der Waals surface area (Å²) in [6.07, 6.45) is 2.17. The first-order chi connectivity index (χ1) is 19.2. The van der Waals surface area contributed by atoms with Crippen molar-refractivity contribution >= 4 is 64.4 Å². The van der Waals surface area contributed by atoms with Crippen LogP contribution in [-0.2, 0) is 16.2 Å². The number of barbiturate groups is 1. The number of amides is 4. The number of nitrogens with one attached hydrogen (secondary N) is 1. The van der Waals surface area contributed by atoms with Crippen LogP contribution in [0.2, 0.25) is 15.1 Å². The van der Waals surface area contributed by atoms with E-state index in [-0.39, 0.29) is 28.6 Å². The van der Waals surface area contributed by atoms with Crippen molar-refractivity contribution in [3.63, 3.8) is 0 Å². The van der Waals surface area contributed by atoms with Gasteiger partial charge >= 0.3 is 6.03 Å². The molecular formula is C29H25Cl3N2O6. The number of carbonyl (C=O) groups is 3. The van der Waals surface area contributed by atoms with Crippen LogP contribution < -0.4 is 24.4 Å². The lowest BCUT2D eigenvalue weighted by Crippen LogP contribution is -2.54. The van der Waals surface area contributed by atoms with E-state index >= 15 is 0 Å². The van der Waals surface area contributed by atoms with Crippen LogP contribution in [0.25, 0.3) is 6.08 Å². The van der Waals surface area contributed by atoms with Gasteiger partial charge in [0.2, 0.25) is 0 Å². The van der Waals surface area contributed by atoms with E-state index in [0.717, 1.165) is 11.3 Å². The molecule has 1 saturated heterocycles. The maximum Gasteiger partial charge on any atom is 0.335 e. The molecule has 3 aromatic rings. The number of carbonyl (C=O) groups excluding carboxylic acids is 3. The third kappa shape index (κ3) is 6.70. The maximum absolute atomic E-state index is 13.3. The molecule has 0 aromatic heterocycles. The molecule has 4 amide bonds. The predicted octanol–water partition coefficient (Wildman–Crippen LogP) is 7.08. The number of hydrogen-bond donors (Lipinski definition) is 1. The Morgan fingerprint density at radius 2 is 1.62 bits per heavy atom. The van der Waals surface area contributed by atoms with Crippen LogP contribution in [0.3, 0.4) is 0 Å². The van der Waals surface area contributed by atoms with Crippen molar-refractivity contribution in [2.45, 2.75) is 26.9 Å². The van der Waals surface area contributed by atoms with Gasteiger partial charge in [-0.1, -0.05) is 47.8 Å². The van der Waals surface area contributed by atoms with Crippen molar-refractivity contribution in [2.75, 3.05) is 18.1 Å². The summed E-state index contributed by atoms with van der Waals surface area (Å²) >= 11 is 18.8. The summed E-state index contributed by atoms with van der Waals surface area (Å²) in [5, 5.41) is 3.33. The van der Waals surface area contributed by atoms with Gasteiger partial charge in [0.1, 0.15) is 17.9 Å². The lowest BCUT2D eigenvalue weighted by molar-refractivity contribution is -0.122. The Morgan fingerprint density at radius 3 is 2.30 bits per heavy atom. The smallest absolute Gasteiger partial charge is 0.335 e. The van der Waals surface area contributed by atoms with Gasteiger partial charge in [0.25, 0.3) is 11.8 Å². The molecule has 1 N–H and O–H groups in total. The molecule has 11 heteroatoms. The Hall–Kier alpha value is -3.72. The molecule has 40 heavy (non-hydrogen) atoms. The molecule has 0 saturated carbocycles. The van der Waals surface area contributed by atoms with Gasteiger partial charge in [0.05, 0.1) is 23.9 Å². The molecule has 1 aliphatic rings. The maximum atomic E-state index is 13.3. The summed E-state index contributed by atoms with van der Waals surface area (Å²) in [7, 11) is 0. The fraction of sp³-hybridized carbons (Fsp3) is 0.207. The Bertz CT molecular complexity index is 1470. The van der Waals surface area contributed by atoms with Crippen molar-refractivity contribution in [2.24, 2.45) is 0 Å². The third-order valence-electron chi connectivity index (χ3n) is 5.70. The largest absolute Gasteiger partial charge is 0.494 e. The fourth-order valence-corrected chi connectivity index (χ4v) is 4.57. The summed E-state index contributed by atoms with van der Waals surface area (Å²) in [6.45, 7) is 4.71. The molecule has 208 valence electrons. The number of benzene rings is 3. The lowest BCUT2D eigenvalue weighted by Gasteiger charge is -2.26. The van der Waals surface area contributed by atoms with Crippen molar-refractivity contribution in [3.05, 3.63) is 86.4 Å². The molecule has 3 aromatic carbocycles. The van der Waals surface area contributed by atoms with Gasteiger partial charge < -0.3 is 14.2 Å². The van der Waals surface area contributed by atoms with E-state index in [9.17, 15) is 14.4 Å². The normalized spacial score (nSPS) is 14.4. The van der Waals surface area contributed by atoms with Gasteiger partial charge in [-0.15, -0.1) is 0 Å². The van der Waals surface area contributed by atoms with Crippen LogP contribution in [0.15, 0.2) is 60.2 Å². The zero-order valence-corrected chi connectivity index (χ0v) is 23.9. The molecule has 0 bridgehead atoms. The first-order valence-corrected chi connectivity index (χ1v) is 13.5. The van der Waals surface area contributed by atoms with Gasteiger partial charge in [-0.05, 0) is 73.5 Å². The van der Waals surface area contributed by atoms with Gasteiger partial charge in [-0.2, -0.15) is 0 Å². The van der Waals surface area contributed by atoms with Gasteiger partial charge in [-0.3, -0.25) is 14.9 Å². The summed E-state index contributed by atoms with van der Waals surface area (Å²) in [5.41, 5.74) is 1.10. The molecule has 8 nitrogen and oxygen atoms in total. The van der Waals surface area contributed by atoms with E-state index in [2.05, 4.69) is 5.32 Å². The highest BCUT2D eigenvalue weighted by Gasteiger charge is 2.37. The number of rotatable bonds is 10. The number of halogens is 3. The SMILES string of the molecule is CCCOc1ccc(N2C(=O)NC(=O)/C(=C/c3cc(Cl)c(OCc4ccc(Cl)cc4Cl)c(OCC)c3)C2=O)cc1. The van der Waals surface area contributed by atoms with Crippen molar-refractivity contribution in [1.82, 2.24) is 5.32 Å². The lowest BCUT2D eigenvalue weighted by atomic mass is 10.1. The van der Waals surface area contributed by atoms with Gasteiger partial charge in [0, 0.05) is 15.6 Å². The molecule has 4 rings (SSSR count). The highest BCUT2D eigenvalue weighted by Crippen LogP contribution is 2.38. The van der Waals surface area contributed by atoms with Crippen molar-refractivity contribution in [1.29, 1.82) is 0 Å². The molecule has 0 atom stereocenters. The van der Waals surface area contributed by atoms with Crippen LogP contribution >= 0.6 is 34.8 Å².